The molecule has 1 aromatic heterocycles. The zero-order chi connectivity index (χ0) is 23.3. The highest BCUT2D eigenvalue weighted by Crippen LogP contribution is 2.34. The second kappa shape index (κ2) is 9.86. The van der Waals surface area contributed by atoms with Gasteiger partial charge in [0.1, 0.15) is 18.0 Å². The third kappa shape index (κ3) is 5.88. The van der Waals surface area contributed by atoms with Crippen LogP contribution in [0.15, 0.2) is 72.3 Å². The summed E-state index contributed by atoms with van der Waals surface area (Å²) < 4.78 is 6.16. The Labute approximate surface area is 192 Å². The van der Waals surface area contributed by atoms with Crippen molar-refractivity contribution in [3.05, 3.63) is 94.7 Å². The smallest absolute Gasteiger partial charge is 0.147 e. The summed E-state index contributed by atoms with van der Waals surface area (Å²) in [4.78, 5) is 4.89. The van der Waals surface area contributed by atoms with Crippen LogP contribution in [0.4, 0.5) is 5.69 Å². The van der Waals surface area contributed by atoms with Crippen molar-refractivity contribution in [2.75, 3.05) is 5.73 Å². The molecule has 2 N–H and O–H groups in total. The van der Waals surface area contributed by atoms with Gasteiger partial charge in [-0.05, 0) is 49.0 Å². The van der Waals surface area contributed by atoms with Gasteiger partial charge < -0.3 is 10.5 Å². The molecule has 32 heavy (non-hydrogen) atoms. The van der Waals surface area contributed by atoms with Gasteiger partial charge in [0, 0.05) is 11.6 Å². The Morgan fingerprint density at radius 3 is 2.38 bits per heavy atom. The fourth-order valence-electron chi connectivity index (χ4n) is 3.42. The van der Waals surface area contributed by atoms with Crippen molar-refractivity contribution < 1.29 is 4.74 Å². The second-order valence-corrected chi connectivity index (χ2v) is 9.46. The highest BCUT2D eigenvalue weighted by atomic mass is 16.5. The lowest BCUT2D eigenvalue weighted by atomic mass is 9.85. The minimum Gasteiger partial charge on any atom is -0.487 e. The number of hydrogen-bond acceptors (Lipinski definition) is 3. The number of ether oxygens (including phenoxy) is 1. The topological polar surface area (TPSA) is 48.1 Å². The van der Waals surface area contributed by atoms with Gasteiger partial charge in [-0.25, -0.2) is 4.98 Å². The first-order valence-corrected chi connectivity index (χ1v) is 11.1. The van der Waals surface area contributed by atoms with Gasteiger partial charge in [-0.3, -0.25) is 0 Å². The average molecular weight is 427 g/mol. The van der Waals surface area contributed by atoms with Crippen LogP contribution in [0.5, 0.6) is 5.75 Å². The molecule has 0 saturated carbocycles. The monoisotopic (exact) mass is 426 g/mol. The maximum absolute atomic E-state index is 6.47. The molecule has 0 radical (unpaired) electrons. The number of nitrogens with zero attached hydrogens (tertiary/aromatic N) is 1. The van der Waals surface area contributed by atoms with Crippen molar-refractivity contribution in [3.8, 4) is 17.0 Å². The number of aromatic nitrogens is 1. The fraction of sp³-hybridized carbons (Fsp3) is 0.276. The van der Waals surface area contributed by atoms with Gasteiger partial charge in [0.25, 0.3) is 0 Å². The van der Waals surface area contributed by atoms with E-state index in [0.29, 0.717) is 23.7 Å². The number of nitrogens with two attached hydrogens (primary N) is 1. The molecule has 0 spiro atoms. The predicted octanol–water partition coefficient (Wildman–Crippen LogP) is 7.50. The zero-order valence-electron chi connectivity index (χ0n) is 20.1. The summed E-state index contributed by atoms with van der Waals surface area (Å²) in [5.41, 5.74) is 14.6. The third-order valence-electron chi connectivity index (χ3n) is 5.34. The Bertz CT molecular complexity index is 1130. The molecule has 0 aliphatic rings. The van der Waals surface area contributed by atoms with E-state index in [0.717, 1.165) is 16.8 Å². The maximum Gasteiger partial charge on any atom is 0.147 e. The van der Waals surface area contributed by atoms with Crippen LogP contribution in [0.2, 0.25) is 0 Å². The molecule has 3 rings (SSSR count). The quantitative estimate of drug-likeness (QED) is 0.415. The van der Waals surface area contributed by atoms with Crippen LogP contribution in [0, 0.1) is 6.92 Å². The molecule has 0 aliphatic heterocycles. The van der Waals surface area contributed by atoms with Crippen molar-refractivity contribution in [2.45, 2.75) is 53.6 Å². The van der Waals surface area contributed by atoms with Gasteiger partial charge in [-0.2, -0.15) is 0 Å². The minimum atomic E-state index is 0.0973. The van der Waals surface area contributed by atoms with E-state index in [1.165, 1.54) is 16.7 Å². The molecule has 0 saturated heterocycles. The molecule has 2 aromatic carbocycles. The molecule has 3 nitrogen and oxygen atoms in total. The number of benzene rings is 2. The number of hydrogen-bond donors (Lipinski definition) is 1. The molecular formula is C29H34N2O. The van der Waals surface area contributed by atoms with E-state index in [4.69, 9.17) is 15.5 Å². The summed E-state index contributed by atoms with van der Waals surface area (Å²) >= 11 is 0. The van der Waals surface area contributed by atoms with Gasteiger partial charge >= 0.3 is 0 Å². The zero-order valence-corrected chi connectivity index (χ0v) is 20.1. The van der Waals surface area contributed by atoms with E-state index in [1.807, 2.05) is 54.6 Å². The number of allylic oxidation sites excluding steroid dienone is 3. The normalized spacial score (nSPS) is 11.6. The molecule has 1 heterocycles. The van der Waals surface area contributed by atoms with E-state index >= 15 is 0 Å². The van der Waals surface area contributed by atoms with E-state index in [9.17, 15) is 0 Å². The molecule has 0 aliphatic carbocycles. The van der Waals surface area contributed by atoms with Crippen LogP contribution in [-0.2, 0) is 12.0 Å². The summed E-state index contributed by atoms with van der Waals surface area (Å²) in [6.07, 6.45) is 5.97. The van der Waals surface area contributed by atoms with E-state index in [-0.39, 0.29) is 5.41 Å². The Kier molecular flexibility index (Phi) is 7.19. The van der Waals surface area contributed by atoms with Crippen molar-refractivity contribution in [1.82, 2.24) is 4.98 Å². The van der Waals surface area contributed by atoms with Crippen molar-refractivity contribution in [2.24, 2.45) is 0 Å². The van der Waals surface area contributed by atoms with Crippen molar-refractivity contribution >= 4 is 11.8 Å². The van der Waals surface area contributed by atoms with E-state index in [2.05, 4.69) is 59.7 Å². The Morgan fingerprint density at radius 1 is 1.03 bits per heavy atom. The molecule has 0 bridgehead atoms. The lowest BCUT2D eigenvalue weighted by molar-refractivity contribution is 0.308. The van der Waals surface area contributed by atoms with Gasteiger partial charge in [0.05, 0.1) is 11.4 Å². The first-order chi connectivity index (χ1) is 15.1. The van der Waals surface area contributed by atoms with E-state index in [1.54, 1.807) is 0 Å². The first-order valence-electron chi connectivity index (χ1n) is 11.1. The maximum atomic E-state index is 6.47. The number of rotatable bonds is 6. The minimum absolute atomic E-state index is 0.0973. The predicted molar refractivity (Wildman–Crippen MR) is 137 cm³/mol. The molecule has 0 amide bonds. The molecular weight excluding hydrogens is 392 g/mol. The van der Waals surface area contributed by atoms with Crippen LogP contribution in [0.3, 0.4) is 0 Å². The average Bonchev–Trinajstić information content (AvgIpc) is 2.74. The van der Waals surface area contributed by atoms with Gasteiger partial charge in [-0.1, -0.05) is 87.0 Å². The van der Waals surface area contributed by atoms with Crippen molar-refractivity contribution in [1.29, 1.82) is 0 Å². The molecule has 3 aromatic rings. The van der Waals surface area contributed by atoms with Crippen LogP contribution in [0.25, 0.3) is 17.3 Å². The van der Waals surface area contributed by atoms with Crippen LogP contribution >= 0.6 is 0 Å². The standard InChI is InChI=1S/C29H34N2O/c1-20(2)11-10-14-25-28(30)27(32-19-22-12-8-7-9-13-22)18-26(31-25)24-16-15-23(17-21(24)3)29(4,5)6/h7-18H,19,30H2,1-6H3/b14-10-. The van der Waals surface area contributed by atoms with Gasteiger partial charge in [0.2, 0.25) is 0 Å². The van der Waals surface area contributed by atoms with E-state index < -0.39 is 0 Å². The summed E-state index contributed by atoms with van der Waals surface area (Å²) in [7, 11) is 0. The number of anilines is 1. The Morgan fingerprint density at radius 2 is 1.75 bits per heavy atom. The molecule has 0 fully saturated rings. The fourth-order valence-corrected chi connectivity index (χ4v) is 3.42. The Balaban J connectivity index is 2.05. The summed E-state index contributed by atoms with van der Waals surface area (Å²) in [6, 6.07) is 18.6. The highest BCUT2D eigenvalue weighted by Gasteiger charge is 2.17. The molecule has 3 heteroatoms. The number of nitrogen functional groups attached to an aromatic ring is 1. The van der Waals surface area contributed by atoms with Crippen LogP contribution < -0.4 is 10.5 Å². The van der Waals surface area contributed by atoms with Crippen LogP contribution in [0.1, 0.15) is 57.0 Å². The summed E-state index contributed by atoms with van der Waals surface area (Å²) in [5.74, 6) is 0.648. The van der Waals surface area contributed by atoms with Crippen LogP contribution in [-0.4, -0.2) is 4.98 Å². The third-order valence-corrected chi connectivity index (χ3v) is 5.34. The number of aryl methyl sites for hydroxylation is 1. The highest BCUT2D eigenvalue weighted by molar-refractivity contribution is 5.75. The summed E-state index contributed by atoms with van der Waals surface area (Å²) in [6.45, 7) is 13.4. The first kappa shape index (κ1) is 23.3. The molecule has 0 atom stereocenters. The lowest BCUT2D eigenvalue weighted by Gasteiger charge is -2.21. The Hall–Kier alpha value is -3.33. The largest absolute Gasteiger partial charge is 0.487 e. The molecule has 0 unspecified atom stereocenters. The van der Waals surface area contributed by atoms with Crippen molar-refractivity contribution in [3.63, 3.8) is 0 Å². The SMILES string of the molecule is CC(C)=C/C=C\c1nc(-c2ccc(C(C)(C)C)cc2C)cc(OCc2ccccc2)c1N. The summed E-state index contributed by atoms with van der Waals surface area (Å²) in [5, 5.41) is 0. The number of pyridine rings is 1. The van der Waals surface area contributed by atoms with Gasteiger partial charge in [-0.15, -0.1) is 0 Å². The molecule has 166 valence electrons. The second-order valence-electron chi connectivity index (χ2n) is 9.46. The lowest BCUT2D eigenvalue weighted by Crippen LogP contribution is -2.11. The van der Waals surface area contributed by atoms with Gasteiger partial charge in [0.15, 0.2) is 0 Å².